The van der Waals surface area contributed by atoms with Gasteiger partial charge in [-0.3, -0.25) is 14.5 Å². The Bertz CT molecular complexity index is 841. The number of hydrogen-bond acceptors (Lipinski definition) is 4. The zero-order valence-electron chi connectivity index (χ0n) is 17.0. The second-order valence-electron chi connectivity index (χ2n) is 7.77. The lowest BCUT2D eigenvalue weighted by atomic mass is 10.0. The van der Waals surface area contributed by atoms with E-state index in [1.807, 2.05) is 70.5 Å². The highest BCUT2D eigenvalue weighted by Gasteiger charge is 2.38. The molecule has 0 bridgehead atoms. The Hall–Kier alpha value is -2.41. The van der Waals surface area contributed by atoms with E-state index in [9.17, 15) is 9.59 Å². The first-order valence-electron chi connectivity index (χ1n) is 10.3. The Morgan fingerprint density at radius 1 is 0.933 bits per heavy atom. The van der Waals surface area contributed by atoms with E-state index in [1.54, 1.807) is 0 Å². The van der Waals surface area contributed by atoms with E-state index in [0.29, 0.717) is 19.5 Å². The first-order chi connectivity index (χ1) is 14.1. The van der Waals surface area contributed by atoms with Crippen molar-refractivity contribution in [1.29, 1.82) is 0 Å². The number of nitrogens with zero attached hydrogens (tertiary/aromatic N) is 3. The molecule has 2 fully saturated rings. The van der Waals surface area contributed by atoms with Gasteiger partial charge in [-0.1, -0.05) is 48.5 Å². The normalized spacial score (nSPS) is 20.7. The van der Waals surface area contributed by atoms with Crippen molar-refractivity contribution in [2.75, 3.05) is 37.6 Å². The number of carbonyl (C=O) groups is 2. The molecule has 0 aliphatic carbocycles. The summed E-state index contributed by atoms with van der Waals surface area (Å²) in [7, 11) is 0. The number of para-hydroxylation sites is 1. The van der Waals surface area contributed by atoms with Crippen molar-refractivity contribution in [2.24, 2.45) is 5.73 Å². The van der Waals surface area contributed by atoms with E-state index < -0.39 is 0 Å². The summed E-state index contributed by atoms with van der Waals surface area (Å²) in [6, 6.07) is 19.2. The van der Waals surface area contributed by atoms with Crippen LogP contribution in [-0.4, -0.2) is 60.4 Å². The van der Waals surface area contributed by atoms with Crippen molar-refractivity contribution >= 4 is 29.9 Å². The number of hydrogen-bond donors (Lipinski definition) is 1. The van der Waals surface area contributed by atoms with Crippen LogP contribution >= 0.6 is 12.4 Å². The summed E-state index contributed by atoms with van der Waals surface area (Å²) in [5.41, 5.74) is 8.16. The van der Waals surface area contributed by atoms with E-state index in [1.165, 1.54) is 0 Å². The third kappa shape index (κ3) is 4.83. The van der Waals surface area contributed by atoms with Gasteiger partial charge in [0.05, 0.1) is 6.04 Å². The fourth-order valence-electron chi connectivity index (χ4n) is 4.29. The van der Waals surface area contributed by atoms with Crippen LogP contribution in [0.25, 0.3) is 0 Å². The Kier molecular flexibility index (Phi) is 7.48. The molecule has 4 rings (SSSR count). The zero-order chi connectivity index (χ0) is 20.2. The Morgan fingerprint density at radius 3 is 2.17 bits per heavy atom. The average molecular weight is 429 g/mol. The maximum Gasteiger partial charge on any atom is 0.244 e. The van der Waals surface area contributed by atoms with Gasteiger partial charge in [-0.05, 0) is 24.1 Å². The molecule has 2 aliphatic rings. The lowest BCUT2D eigenvalue weighted by molar-refractivity contribution is -0.134. The summed E-state index contributed by atoms with van der Waals surface area (Å²) in [6.07, 6.45) is 1.15. The van der Waals surface area contributed by atoms with Crippen LogP contribution in [0.5, 0.6) is 0 Å². The molecule has 6 nitrogen and oxygen atoms in total. The topological polar surface area (TPSA) is 69.9 Å². The minimum atomic E-state index is -0.280. The van der Waals surface area contributed by atoms with Crippen LogP contribution in [0.3, 0.4) is 0 Å². The van der Waals surface area contributed by atoms with Crippen molar-refractivity contribution < 1.29 is 9.59 Å². The van der Waals surface area contributed by atoms with Gasteiger partial charge in [-0.15, -0.1) is 12.4 Å². The predicted octanol–water partition coefficient (Wildman–Crippen LogP) is 2.45. The molecular formula is C23H29ClN4O2. The number of anilines is 1. The molecule has 2 N–H and O–H groups in total. The summed E-state index contributed by atoms with van der Waals surface area (Å²) in [5.74, 6) is 0.256. The van der Waals surface area contributed by atoms with Crippen molar-refractivity contribution in [1.82, 2.24) is 9.80 Å². The molecule has 2 saturated heterocycles. The van der Waals surface area contributed by atoms with Crippen LogP contribution in [0.2, 0.25) is 0 Å². The van der Waals surface area contributed by atoms with Crippen molar-refractivity contribution in [3.63, 3.8) is 0 Å². The summed E-state index contributed by atoms with van der Waals surface area (Å²) >= 11 is 0. The van der Waals surface area contributed by atoms with Crippen molar-refractivity contribution in [3.05, 3.63) is 66.2 Å². The van der Waals surface area contributed by atoms with Crippen LogP contribution in [-0.2, 0) is 9.59 Å². The van der Waals surface area contributed by atoms with Crippen LogP contribution < -0.4 is 10.6 Å². The third-order valence-electron chi connectivity index (χ3n) is 5.98. The summed E-state index contributed by atoms with van der Waals surface area (Å²) in [5, 5.41) is 0. The molecule has 2 atom stereocenters. The third-order valence-corrected chi connectivity index (χ3v) is 5.98. The summed E-state index contributed by atoms with van der Waals surface area (Å²) in [6.45, 7) is 3.50. The molecule has 0 spiro atoms. The maximum atomic E-state index is 12.9. The molecule has 30 heavy (non-hydrogen) atoms. The molecule has 2 amide bonds. The molecule has 2 aliphatic heterocycles. The van der Waals surface area contributed by atoms with E-state index in [2.05, 4.69) is 4.90 Å². The van der Waals surface area contributed by atoms with Crippen LogP contribution in [0.1, 0.15) is 24.4 Å². The van der Waals surface area contributed by atoms with E-state index >= 15 is 0 Å². The van der Waals surface area contributed by atoms with E-state index in [0.717, 1.165) is 37.3 Å². The minimum absolute atomic E-state index is 0. The fourth-order valence-corrected chi connectivity index (χ4v) is 4.29. The van der Waals surface area contributed by atoms with Crippen LogP contribution in [0.4, 0.5) is 5.69 Å². The second kappa shape index (κ2) is 10.1. The molecule has 2 unspecified atom stereocenters. The molecule has 7 heteroatoms. The molecular weight excluding hydrogens is 400 g/mol. The molecule has 0 aromatic heterocycles. The number of rotatable bonds is 5. The Labute approximate surface area is 184 Å². The Morgan fingerprint density at radius 2 is 1.53 bits per heavy atom. The van der Waals surface area contributed by atoms with Crippen LogP contribution in [0, 0.1) is 0 Å². The van der Waals surface area contributed by atoms with E-state index in [4.69, 9.17) is 5.73 Å². The number of benzene rings is 2. The highest BCUT2D eigenvalue weighted by molar-refractivity contribution is 5.99. The molecule has 2 heterocycles. The SMILES string of the molecule is Cl.NC(CC(=O)N1CCN(C2CCN(c3ccccc3)C2=O)CC1)c1ccccc1. The van der Waals surface area contributed by atoms with Gasteiger partial charge in [0.15, 0.2) is 0 Å². The number of nitrogens with two attached hydrogens (primary N) is 1. The average Bonchev–Trinajstić information content (AvgIpc) is 3.16. The van der Waals surface area contributed by atoms with Gasteiger partial charge in [0.2, 0.25) is 11.8 Å². The van der Waals surface area contributed by atoms with Gasteiger partial charge in [0, 0.05) is 50.9 Å². The largest absolute Gasteiger partial charge is 0.340 e. The minimum Gasteiger partial charge on any atom is -0.340 e. The monoisotopic (exact) mass is 428 g/mol. The van der Waals surface area contributed by atoms with Gasteiger partial charge < -0.3 is 15.5 Å². The fraction of sp³-hybridized carbons (Fsp3) is 0.391. The highest BCUT2D eigenvalue weighted by atomic mass is 35.5. The van der Waals surface area contributed by atoms with Crippen molar-refractivity contribution in [2.45, 2.75) is 24.9 Å². The predicted molar refractivity (Wildman–Crippen MR) is 121 cm³/mol. The van der Waals surface area contributed by atoms with Gasteiger partial charge in [-0.2, -0.15) is 0 Å². The lowest BCUT2D eigenvalue weighted by Crippen LogP contribution is -2.54. The second-order valence-corrected chi connectivity index (χ2v) is 7.77. The van der Waals surface area contributed by atoms with Crippen molar-refractivity contribution in [3.8, 4) is 0 Å². The number of amides is 2. The standard InChI is InChI=1S/C23H28N4O2.ClH/c24-20(18-7-3-1-4-8-18)17-22(28)26-15-13-25(14-16-26)21-11-12-27(23(21)29)19-9-5-2-6-10-19;/h1-10,20-21H,11-17,24H2;1H. The zero-order valence-corrected chi connectivity index (χ0v) is 17.8. The van der Waals surface area contributed by atoms with Gasteiger partial charge in [-0.25, -0.2) is 0 Å². The smallest absolute Gasteiger partial charge is 0.244 e. The Balaban J connectivity index is 0.00000256. The number of carbonyl (C=O) groups excluding carboxylic acids is 2. The molecule has 0 radical (unpaired) electrons. The van der Waals surface area contributed by atoms with Gasteiger partial charge in [0.1, 0.15) is 0 Å². The summed E-state index contributed by atoms with van der Waals surface area (Å²) in [4.78, 5) is 31.6. The first-order valence-corrected chi connectivity index (χ1v) is 10.3. The summed E-state index contributed by atoms with van der Waals surface area (Å²) < 4.78 is 0. The quantitative estimate of drug-likeness (QED) is 0.794. The highest BCUT2D eigenvalue weighted by Crippen LogP contribution is 2.25. The number of piperazine rings is 1. The molecule has 160 valence electrons. The van der Waals surface area contributed by atoms with E-state index in [-0.39, 0.29) is 36.3 Å². The lowest BCUT2D eigenvalue weighted by Gasteiger charge is -2.37. The van der Waals surface area contributed by atoms with Gasteiger partial charge >= 0.3 is 0 Å². The number of halogens is 1. The molecule has 0 saturated carbocycles. The van der Waals surface area contributed by atoms with Crippen LogP contribution in [0.15, 0.2) is 60.7 Å². The first kappa shape index (κ1) is 22.3. The molecule has 2 aromatic carbocycles. The van der Waals surface area contributed by atoms with Gasteiger partial charge in [0.25, 0.3) is 0 Å². The maximum absolute atomic E-state index is 12.9. The molecule has 2 aromatic rings.